The number of hydrogen-bond donors (Lipinski definition) is 2. The highest BCUT2D eigenvalue weighted by Crippen LogP contribution is 2.23. The van der Waals surface area contributed by atoms with Crippen molar-refractivity contribution >= 4 is 0 Å². The fourth-order valence-electron chi connectivity index (χ4n) is 2.56. The Kier molecular flexibility index (Phi) is 4.89. The van der Waals surface area contributed by atoms with E-state index in [-0.39, 0.29) is 11.7 Å². The molecule has 1 aromatic rings. The van der Waals surface area contributed by atoms with Crippen LogP contribution in [-0.2, 0) is 6.54 Å². The van der Waals surface area contributed by atoms with E-state index in [2.05, 4.69) is 5.32 Å². The largest absolute Gasteiger partial charge is 0.393 e. The number of halogens is 1. The van der Waals surface area contributed by atoms with Crippen molar-refractivity contribution in [3.05, 3.63) is 35.1 Å². The molecule has 102 valence electrons. The van der Waals surface area contributed by atoms with Crippen LogP contribution < -0.4 is 5.32 Å². The number of nitrogens with zero attached hydrogens (tertiary/aromatic N) is 1. The highest BCUT2D eigenvalue weighted by Gasteiger charge is 2.18. The molecule has 4 heteroatoms. The minimum atomic E-state index is -0.420. The van der Waals surface area contributed by atoms with Gasteiger partial charge in [0.2, 0.25) is 0 Å². The number of aliphatic hydroxyl groups excluding tert-OH is 1. The second-order valence-electron chi connectivity index (χ2n) is 5.20. The third kappa shape index (κ3) is 3.76. The first-order valence-electron chi connectivity index (χ1n) is 6.77. The average Bonchev–Trinajstić information content (AvgIpc) is 2.43. The smallest absolute Gasteiger partial charge is 0.145 e. The Bertz CT molecular complexity index is 462. The van der Waals surface area contributed by atoms with Crippen molar-refractivity contribution in [1.82, 2.24) is 5.32 Å². The SMILES string of the molecule is N#Cc1cccc(CNCC2CCC(O)CC2)c1F. The zero-order valence-electron chi connectivity index (χ0n) is 10.9. The fourth-order valence-corrected chi connectivity index (χ4v) is 2.56. The van der Waals surface area contributed by atoms with Gasteiger partial charge in [-0.15, -0.1) is 0 Å². The highest BCUT2D eigenvalue weighted by molar-refractivity contribution is 5.34. The molecule has 1 aliphatic carbocycles. The molecule has 2 N–H and O–H groups in total. The topological polar surface area (TPSA) is 56.0 Å². The summed E-state index contributed by atoms with van der Waals surface area (Å²) in [5.74, 6) is 0.141. The molecule has 0 amide bonds. The van der Waals surface area contributed by atoms with Crippen molar-refractivity contribution in [2.75, 3.05) is 6.54 Å². The lowest BCUT2D eigenvalue weighted by Crippen LogP contribution is -2.28. The predicted molar refractivity (Wildman–Crippen MR) is 70.8 cm³/mol. The van der Waals surface area contributed by atoms with Gasteiger partial charge in [-0.1, -0.05) is 12.1 Å². The molecular formula is C15H19FN2O. The lowest BCUT2D eigenvalue weighted by Gasteiger charge is -2.25. The van der Waals surface area contributed by atoms with Gasteiger partial charge >= 0.3 is 0 Å². The predicted octanol–water partition coefficient (Wildman–Crippen LogP) is 2.34. The van der Waals surface area contributed by atoms with Crippen molar-refractivity contribution < 1.29 is 9.50 Å². The van der Waals surface area contributed by atoms with Crippen LogP contribution in [0.15, 0.2) is 18.2 Å². The molecule has 1 aliphatic rings. The zero-order valence-corrected chi connectivity index (χ0v) is 10.9. The molecular weight excluding hydrogens is 243 g/mol. The van der Waals surface area contributed by atoms with Gasteiger partial charge in [-0.25, -0.2) is 4.39 Å². The number of nitriles is 1. The van der Waals surface area contributed by atoms with Crippen LogP contribution in [0.25, 0.3) is 0 Å². The molecule has 0 unspecified atom stereocenters. The molecule has 0 spiro atoms. The maximum atomic E-state index is 13.8. The summed E-state index contributed by atoms with van der Waals surface area (Å²) in [6.07, 6.45) is 3.64. The van der Waals surface area contributed by atoms with Crippen molar-refractivity contribution in [3.63, 3.8) is 0 Å². The third-order valence-corrected chi connectivity index (χ3v) is 3.76. The lowest BCUT2D eigenvalue weighted by atomic mass is 9.87. The molecule has 1 aromatic carbocycles. The molecule has 19 heavy (non-hydrogen) atoms. The average molecular weight is 262 g/mol. The van der Waals surface area contributed by atoms with Crippen LogP contribution >= 0.6 is 0 Å². The summed E-state index contributed by atoms with van der Waals surface area (Å²) in [4.78, 5) is 0. The van der Waals surface area contributed by atoms with E-state index >= 15 is 0 Å². The molecule has 2 rings (SSSR count). The van der Waals surface area contributed by atoms with E-state index in [1.54, 1.807) is 12.1 Å². The summed E-state index contributed by atoms with van der Waals surface area (Å²) in [7, 11) is 0. The van der Waals surface area contributed by atoms with E-state index < -0.39 is 5.82 Å². The first-order chi connectivity index (χ1) is 9.20. The quantitative estimate of drug-likeness (QED) is 0.875. The Hall–Kier alpha value is -1.44. The van der Waals surface area contributed by atoms with E-state index in [9.17, 15) is 9.50 Å². The second kappa shape index (κ2) is 6.65. The maximum Gasteiger partial charge on any atom is 0.145 e. The lowest BCUT2D eigenvalue weighted by molar-refractivity contribution is 0.108. The van der Waals surface area contributed by atoms with E-state index in [1.807, 2.05) is 6.07 Å². The van der Waals surface area contributed by atoms with Crippen molar-refractivity contribution in [3.8, 4) is 6.07 Å². The number of hydrogen-bond acceptors (Lipinski definition) is 3. The Balaban J connectivity index is 1.81. The van der Waals surface area contributed by atoms with Gasteiger partial charge in [0.25, 0.3) is 0 Å². The van der Waals surface area contributed by atoms with Gasteiger partial charge in [0.05, 0.1) is 11.7 Å². The molecule has 0 radical (unpaired) electrons. The van der Waals surface area contributed by atoms with Crippen LogP contribution in [0, 0.1) is 23.1 Å². The summed E-state index contributed by atoms with van der Waals surface area (Å²) in [5, 5.41) is 21.4. The summed E-state index contributed by atoms with van der Waals surface area (Å²) in [6, 6.07) is 6.74. The number of rotatable bonds is 4. The summed E-state index contributed by atoms with van der Waals surface area (Å²) in [5.41, 5.74) is 0.634. The third-order valence-electron chi connectivity index (χ3n) is 3.76. The van der Waals surface area contributed by atoms with Crippen molar-refractivity contribution in [1.29, 1.82) is 5.26 Å². The number of nitrogens with one attached hydrogen (secondary N) is 1. The summed E-state index contributed by atoms with van der Waals surface area (Å²) < 4.78 is 13.8. The Morgan fingerprint density at radius 1 is 1.32 bits per heavy atom. The summed E-state index contributed by atoms with van der Waals surface area (Å²) >= 11 is 0. The van der Waals surface area contributed by atoms with E-state index in [0.29, 0.717) is 18.0 Å². The Morgan fingerprint density at radius 3 is 2.74 bits per heavy atom. The Morgan fingerprint density at radius 2 is 2.05 bits per heavy atom. The van der Waals surface area contributed by atoms with Gasteiger partial charge < -0.3 is 10.4 Å². The van der Waals surface area contributed by atoms with Gasteiger partial charge in [-0.2, -0.15) is 5.26 Å². The molecule has 0 aliphatic heterocycles. The van der Waals surface area contributed by atoms with Crippen LogP contribution in [0.4, 0.5) is 4.39 Å². The van der Waals surface area contributed by atoms with Crippen LogP contribution in [-0.4, -0.2) is 17.8 Å². The van der Waals surface area contributed by atoms with Gasteiger partial charge in [-0.05, 0) is 44.2 Å². The minimum absolute atomic E-state index is 0.0973. The number of aliphatic hydroxyl groups is 1. The standard InChI is InChI=1S/C15H19FN2O/c16-15-12(8-17)2-1-3-13(15)10-18-9-11-4-6-14(19)7-5-11/h1-3,11,14,18-19H,4-7,9-10H2. The second-order valence-corrected chi connectivity index (χ2v) is 5.20. The normalized spacial score (nSPS) is 23.0. The zero-order chi connectivity index (χ0) is 13.7. The van der Waals surface area contributed by atoms with Crippen molar-refractivity contribution in [2.24, 2.45) is 5.92 Å². The van der Waals surface area contributed by atoms with Crippen LogP contribution in [0.1, 0.15) is 36.8 Å². The molecule has 0 saturated heterocycles. The van der Waals surface area contributed by atoms with Gasteiger partial charge in [0, 0.05) is 12.1 Å². The highest BCUT2D eigenvalue weighted by atomic mass is 19.1. The minimum Gasteiger partial charge on any atom is -0.393 e. The maximum absolute atomic E-state index is 13.8. The van der Waals surface area contributed by atoms with Crippen LogP contribution in [0.2, 0.25) is 0 Å². The molecule has 0 heterocycles. The fraction of sp³-hybridized carbons (Fsp3) is 0.533. The first kappa shape index (κ1) is 14.0. The van der Waals surface area contributed by atoms with E-state index in [4.69, 9.17) is 5.26 Å². The molecule has 0 aromatic heterocycles. The van der Waals surface area contributed by atoms with E-state index in [0.717, 1.165) is 32.2 Å². The van der Waals surface area contributed by atoms with Crippen molar-refractivity contribution in [2.45, 2.75) is 38.3 Å². The molecule has 3 nitrogen and oxygen atoms in total. The summed E-state index contributed by atoms with van der Waals surface area (Å²) in [6.45, 7) is 1.28. The van der Waals surface area contributed by atoms with E-state index in [1.165, 1.54) is 6.07 Å². The monoisotopic (exact) mass is 262 g/mol. The first-order valence-corrected chi connectivity index (χ1v) is 6.77. The molecule has 1 saturated carbocycles. The Labute approximate surface area is 113 Å². The van der Waals surface area contributed by atoms with Gasteiger partial charge in [0.1, 0.15) is 11.9 Å². The van der Waals surface area contributed by atoms with Crippen LogP contribution in [0.3, 0.4) is 0 Å². The van der Waals surface area contributed by atoms with Gasteiger partial charge in [-0.3, -0.25) is 0 Å². The molecule has 0 bridgehead atoms. The van der Waals surface area contributed by atoms with Gasteiger partial charge in [0.15, 0.2) is 0 Å². The molecule has 1 fully saturated rings. The molecule has 0 atom stereocenters. The van der Waals surface area contributed by atoms with Crippen LogP contribution in [0.5, 0.6) is 0 Å². The number of benzene rings is 1.